The van der Waals surface area contributed by atoms with E-state index in [1.807, 2.05) is 72.4 Å². The molecule has 3 aromatic heterocycles. The zero-order valence-electron chi connectivity index (χ0n) is 19.9. The first kappa shape index (κ1) is 22.1. The summed E-state index contributed by atoms with van der Waals surface area (Å²) in [5, 5.41) is 9.18. The second-order valence-electron chi connectivity index (χ2n) is 8.68. The highest BCUT2D eigenvalue weighted by atomic mass is 32.1. The number of nitrogens with one attached hydrogen (secondary N) is 1. The zero-order valence-corrected chi connectivity index (χ0v) is 20.7. The molecule has 0 atom stereocenters. The third-order valence-corrected chi connectivity index (χ3v) is 7.21. The molecule has 0 bridgehead atoms. The van der Waals surface area contributed by atoms with Gasteiger partial charge in [-0.15, -0.1) is 11.3 Å². The molecule has 3 aromatic carbocycles. The van der Waals surface area contributed by atoms with E-state index >= 15 is 0 Å². The van der Waals surface area contributed by atoms with Gasteiger partial charge in [0.1, 0.15) is 5.01 Å². The number of aryl methyl sites for hydroxylation is 2. The average Bonchev–Trinajstić information content (AvgIpc) is 3.55. The molecule has 0 aliphatic carbocycles. The number of aromatic nitrogens is 4. The summed E-state index contributed by atoms with van der Waals surface area (Å²) >= 11 is 1.67. The van der Waals surface area contributed by atoms with Gasteiger partial charge in [-0.1, -0.05) is 24.3 Å². The molecule has 0 unspecified atom stereocenters. The molecule has 36 heavy (non-hydrogen) atoms. The summed E-state index contributed by atoms with van der Waals surface area (Å²) in [6, 6.07) is 23.7. The topological polar surface area (TPSA) is 72.7 Å². The van der Waals surface area contributed by atoms with Crippen molar-refractivity contribution in [3.05, 3.63) is 96.3 Å². The first-order chi connectivity index (χ1) is 17.6. The summed E-state index contributed by atoms with van der Waals surface area (Å²) in [5.41, 5.74) is 6.92. The Bertz CT molecular complexity index is 1730. The molecule has 3 heterocycles. The first-order valence-corrected chi connectivity index (χ1v) is 12.6. The summed E-state index contributed by atoms with van der Waals surface area (Å²) in [5.74, 6) is -0.180. The van der Waals surface area contributed by atoms with Crippen LogP contribution in [0.4, 0.5) is 5.69 Å². The second kappa shape index (κ2) is 9.02. The SMILES string of the molecule is CCn1cc(-c2cc(C(=O)Nc3ccc(-c4nc5ccc(C)cc5s4)cc3)c3ccccc3n2)cn1. The molecule has 1 amide bonds. The smallest absolute Gasteiger partial charge is 0.256 e. The number of amides is 1. The standard InChI is InChI=1S/C29H23N5OS/c1-3-34-17-20(16-30-34)26-15-23(22-6-4-5-7-24(22)32-26)28(35)31-21-11-9-19(10-12-21)29-33-25-13-8-18(2)14-27(25)36-29/h4-17H,3H2,1-2H3,(H,31,35). The van der Waals surface area contributed by atoms with Crippen molar-refractivity contribution in [2.24, 2.45) is 0 Å². The Balaban J connectivity index is 1.30. The lowest BCUT2D eigenvalue weighted by molar-refractivity contribution is 0.102. The molecular formula is C29H23N5OS. The number of para-hydroxylation sites is 1. The number of carbonyl (C=O) groups excluding carboxylic acids is 1. The van der Waals surface area contributed by atoms with Gasteiger partial charge in [0.05, 0.1) is 33.2 Å². The number of rotatable bonds is 5. The van der Waals surface area contributed by atoms with Crippen LogP contribution in [0.3, 0.4) is 0 Å². The average molecular weight is 490 g/mol. The van der Waals surface area contributed by atoms with Crippen LogP contribution in [0.25, 0.3) is 42.9 Å². The Hall–Kier alpha value is -4.36. The van der Waals surface area contributed by atoms with Gasteiger partial charge in [0.15, 0.2) is 0 Å². The van der Waals surface area contributed by atoms with Crippen LogP contribution in [0.2, 0.25) is 0 Å². The van der Waals surface area contributed by atoms with Crippen molar-refractivity contribution in [3.8, 4) is 21.8 Å². The van der Waals surface area contributed by atoms with Crippen molar-refractivity contribution in [2.45, 2.75) is 20.4 Å². The molecule has 0 fully saturated rings. The van der Waals surface area contributed by atoms with Gasteiger partial charge in [-0.2, -0.15) is 5.10 Å². The van der Waals surface area contributed by atoms with E-state index in [0.717, 1.165) is 50.5 Å². The van der Waals surface area contributed by atoms with Crippen LogP contribution in [0.15, 0.2) is 85.2 Å². The number of benzene rings is 3. The highest BCUT2D eigenvalue weighted by Gasteiger charge is 2.15. The van der Waals surface area contributed by atoms with E-state index in [2.05, 4.69) is 35.5 Å². The normalized spacial score (nSPS) is 11.3. The fourth-order valence-electron chi connectivity index (χ4n) is 4.23. The number of hydrogen-bond donors (Lipinski definition) is 1. The Morgan fingerprint density at radius 1 is 0.944 bits per heavy atom. The summed E-state index contributed by atoms with van der Waals surface area (Å²) in [6.07, 6.45) is 3.73. The maximum absolute atomic E-state index is 13.4. The number of pyridine rings is 1. The van der Waals surface area contributed by atoms with E-state index in [9.17, 15) is 4.79 Å². The minimum Gasteiger partial charge on any atom is -0.322 e. The van der Waals surface area contributed by atoms with Gasteiger partial charge in [0.25, 0.3) is 5.91 Å². The fourth-order valence-corrected chi connectivity index (χ4v) is 5.30. The highest BCUT2D eigenvalue weighted by molar-refractivity contribution is 7.21. The van der Waals surface area contributed by atoms with Gasteiger partial charge in [0, 0.05) is 34.9 Å². The molecule has 6 aromatic rings. The van der Waals surface area contributed by atoms with E-state index in [1.54, 1.807) is 17.5 Å². The van der Waals surface area contributed by atoms with Crippen LogP contribution in [-0.4, -0.2) is 25.7 Å². The molecule has 0 spiro atoms. The van der Waals surface area contributed by atoms with E-state index in [1.165, 1.54) is 10.3 Å². The van der Waals surface area contributed by atoms with Crippen LogP contribution in [0, 0.1) is 6.92 Å². The van der Waals surface area contributed by atoms with Gasteiger partial charge in [-0.25, -0.2) is 9.97 Å². The summed E-state index contributed by atoms with van der Waals surface area (Å²) in [4.78, 5) is 22.9. The first-order valence-electron chi connectivity index (χ1n) is 11.8. The lowest BCUT2D eigenvalue weighted by Gasteiger charge is -2.10. The van der Waals surface area contributed by atoms with Crippen LogP contribution in [-0.2, 0) is 6.54 Å². The van der Waals surface area contributed by atoms with Crippen molar-refractivity contribution in [1.82, 2.24) is 19.7 Å². The van der Waals surface area contributed by atoms with E-state index in [0.29, 0.717) is 5.56 Å². The van der Waals surface area contributed by atoms with Crippen LogP contribution >= 0.6 is 11.3 Å². The Kier molecular flexibility index (Phi) is 5.54. The quantitative estimate of drug-likeness (QED) is 0.284. The van der Waals surface area contributed by atoms with E-state index < -0.39 is 0 Å². The molecule has 7 heteroatoms. The van der Waals surface area contributed by atoms with Crippen molar-refractivity contribution in [2.75, 3.05) is 5.32 Å². The molecule has 1 N–H and O–H groups in total. The van der Waals surface area contributed by atoms with Gasteiger partial charge in [-0.3, -0.25) is 9.48 Å². The molecule has 0 radical (unpaired) electrons. The highest BCUT2D eigenvalue weighted by Crippen LogP contribution is 2.32. The minimum atomic E-state index is -0.180. The molecule has 6 nitrogen and oxygen atoms in total. The number of hydrogen-bond acceptors (Lipinski definition) is 5. The maximum atomic E-state index is 13.4. The Morgan fingerprint density at radius 2 is 1.78 bits per heavy atom. The zero-order chi connectivity index (χ0) is 24.6. The van der Waals surface area contributed by atoms with Gasteiger partial charge < -0.3 is 5.32 Å². The lowest BCUT2D eigenvalue weighted by atomic mass is 10.0. The fraction of sp³-hybridized carbons (Fsp3) is 0.103. The Morgan fingerprint density at radius 3 is 2.58 bits per heavy atom. The molecular weight excluding hydrogens is 466 g/mol. The van der Waals surface area contributed by atoms with Gasteiger partial charge in [-0.05, 0) is 67.9 Å². The third-order valence-electron chi connectivity index (χ3n) is 6.15. The van der Waals surface area contributed by atoms with E-state index in [-0.39, 0.29) is 5.91 Å². The predicted molar refractivity (Wildman–Crippen MR) is 146 cm³/mol. The van der Waals surface area contributed by atoms with Crippen molar-refractivity contribution in [1.29, 1.82) is 0 Å². The summed E-state index contributed by atoms with van der Waals surface area (Å²) < 4.78 is 3.02. The molecule has 6 rings (SSSR count). The molecule has 0 saturated heterocycles. The lowest BCUT2D eigenvalue weighted by Crippen LogP contribution is -2.13. The summed E-state index contributed by atoms with van der Waals surface area (Å²) in [6.45, 7) is 4.89. The molecule has 176 valence electrons. The van der Waals surface area contributed by atoms with Crippen molar-refractivity contribution < 1.29 is 4.79 Å². The van der Waals surface area contributed by atoms with Crippen LogP contribution < -0.4 is 5.32 Å². The van der Waals surface area contributed by atoms with Gasteiger partial charge >= 0.3 is 0 Å². The van der Waals surface area contributed by atoms with Crippen LogP contribution in [0.1, 0.15) is 22.8 Å². The number of thiazole rings is 1. The van der Waals surface area contributed by atoms with Crippen LogP contribution in [0.5, 0.6) is 0 Å². The number of nitrogens with zero attached hydrogens (tertiary/aromatic N) is 4. The minimum absolute atomic E-state index is 0.180. The number of carbonyl (C=O) groups is 1. The second-order valence-corrected chi connectivity index (χ2v) is 9.71. The number of fused-ring (bicyclic) bond motifs is 2. The largest absolute Gasteiger partial charge is 0.322 e. The Labute approximate surface area is 212 Å². The molecule has 0 aliphatic rings. The van der Waals surface area contributed by atoms with Gasteiger partial charge in [0.2, 0.25) is 0 Å². The molecule has 0 aliphatic heterocycles. The van der Waals surface area contributed by atoms with Crippen molar-refractivity contribution in [3.63, 3.8) is 0 Å². The monoisotopic (exact) mass is 489 g/mol. The predicted octanol–water partition coefficient (Wildman–Crippen LogP) is 6.96. The summed E-state index contributed by atoms with van der Waals surface area (Å²) in [7, 11) is 0. The van der Waals surface area contributed by atoms with E-state index in [4.69, 9.17) is 9.97 Å². The van der Waals surface area contributed by atoms with Crippen molar-refractivity contribution >= 4 is 44.1 Å². The maximum Gasteiger partial charge on any atom is 0.256 e. The molecule has 0 saturated carbocycles. The third kappa shape index (κ3) is 4.14. The number of anilines is 1.